The molecule has 5 rings (SSSR count). The zero-order chi connectivity index (χ0) is 26.0. The molecule has 186 valence electrons. The average Bonchev–Trinajstić information content (AvgIpc) is 2.93. The Morgan fingerprint density at radius 3 is 1.00 bits per heavy atom. The van der Waals surface area contributed by atoms with E-state index in [-0.39, 0.29) is 17.4 Å². The molecule has 37 heavy (non-hydrogen) atoms. The van der Waals surface area contributed by atoms with Gasteiger partial charge in [0.1, 0.15) is 23.0 Å². The molecule has 0 spiro atoms. The van der Waals surface area contributed by atoms with Crippen molar-refractivity contribution >= 4 is 0 Å². The fraction of sp³-hybridized carbons (Fsp3) is 0.0909. The van der Waals surface area contributed by atoms with Crippen molar-refractivity contribution in [2.24, 2.45) is 0 Å². The molecular weight excluding hydrogens is 460 g/mol. The van der Waals surface area contributed by atoms with Crippen LogP contribution in [0.1, 0.15) is 33.7 Å². The standard InChI is InChI=1S/C19H16O2.C14H14O2/c20-17-10-6-15(7-11-17)19(14-4-2-1-3-5-14)16-8-12-18(21)13-9-16;15-13-7-3-11(4-8-13)1-2-12-5-9-14(16)10-6-12/h1-13,19-21H;3-10,15-16H,1-2H2. The van der Waals surface area contributed by atoms with Crippen LogP contribution in [-0.4, -0.2) is 20.4 Å². The molecule has 0 amide bonds. The Kier molecular flexibility index (Phi) is 8.45. The Balaban J connectivity index is 0.000000180. The van der Waals surface area contributed by atoms with Crippen LogP contribution in [-0.2, 0) is 12.8 Å². The van der Waals surface area contributed by atoms with Crippen LogP contribution in [0.5, 0.6) is 23.0 Å². The maximum atomic E-state index is 9.48. The molecule has 4 nitrogen and oxygen atoms in total. The third-order valence-electron chi connectivity index (χ3n) is 6.16. The molecule has 0 saturated carbocycles. The largest absolute Gasteiger partial charge is 0.508 e. The highest BCUT2D eigenvalue weighted by atomic mass is 16.3. The highest BCUT2D eigenvalue weighted by Gasteiger charge is 2.16. The summed E-state index contributed by atoms with van der Waals surface area (Å²) in [5.41, 5.74) is 5.78. The Morgan fingerprint density at radius 2 is 0.649 bits per heavy atom. The second-order valence-corrected chi connectivity index (χ2v) is 8.86. The fourth-order valence-electron chi connectivity index (χ4n) is 4.17. The molecule has 0 bridgehead atoms. The van der Waals surface area contributed by atoms with Crippen molar-refractivity contribution in [2.75, 3.05) is 0 Å². The Hall–Kier alpha value is -4.70. The number of rotatable bonds is 6. The first kappa shape index (κ1) is 25.4. The first-order chi connectivity index (χ1) is 18.0. The van der Waals surface area contributed by atoms with Crippen molar-refractivity contribution in [3.05, 3.63) is 155 Å². The van der Waals surface area contributed by atoms with Gasteiger partial charge in [-0.2, -0.15) is 0 Å². The van der Waals surface area contributed by atoms with E-state index < -0.39 is 0 Å². The number of benzene rings is 5. The normalized spacial score (nSPS) is 10.5. The Labute approximate surface area is 217 Å². The highest BCUT2D eigenvalue weighted by Crippen LogP contribution is 2.33. The number of phenolic OH excluding ortho intramolecular Hbond substituents is 4. The summed E-state index contributed by atoms with van der Waals surface area (Å²) in [5.74, 6) is 1.20. The van der Waals surface area contributed by atoms with Crippen molar-refractivity contribution in [1.82, 2.24) is 0 Å². The number of hydrogen-bond acceptors (Lipinski definition) is 4. The zero-order valence-electron chi connectivity index (χ0n) is 20.4. The quantitative estimate of drug-likeness (QED) is 0.190. The van der Waals surface area contributed by atoms with Gasteiger partial charge in [-0.05, 0) is 89.2 Å². The second kappa shape index (κ2) is 12.3. The van der Waals surface area contributed by atoms with Crippen LogP contribution in [0.4, 0.5) is 0 Å². The molecule has 0 atom stereocenters. The summed E-state index contributed by atoms with van der Waals surface area (Å²) >= 11 is 0. The molecule has 5 aromatic carbocycles. The fourth-order valence-corrected chi connectivity index (χ4v) is 4.17. The van der Waals surface area contributed by atoms with Crippen molar-refractivity contribution in [1.29, 1.82) is 0 Å². The molecule has 0 radical (unpaired) electrons. The number of aryl methyl sites for hydroxylation is 2. The Morgan fingerprint density at radius 1 is 0.351 bits per heavy atom. The van der Waals surface area contributed by atoms with Gasteiger partial charge in [0.2, 0.25) is 0 Å². The van der Waals surface area contributed by atoms with Gasteiger partial charge < -0.3 is 20.4 Å². The predicted octanol–water partition coefficient (Wildman–Crippen LogP) is 7.16. The Bertz CT molecular complexity index is 1270. The van der Waals surface area contributed by atoms with E-state index in [0.29, 0.717) is 11.5 Å². The van der Waals surface area contributed by atoms with E-state index in [1.807, 2.05) is 66.7 Å². The molecule has 0 aliphatic heterocycles. The zero-order valence-corrected chi connectivity index (χ0v) is 20.4. The molecular formula is C33H30O4. The summed E-state index contributed by atoms with van der Waals surface area (Å²) in [4.78, 5) is 0. The van der Waals surface area contributed by atoms with E-state index in [9.17, 15) is 10.2 Å². The third kappa shape index (κ3) is 7.39. The van der Waals surface area contributed by atoms with Crippen LogP contribution in [0.2, 0.25) is 0 Å². The molecule has 4 N–H and O–H groups in total. The first-order valence-electron chi connectivity index (χ1n) is 12.2. The minimum absolute atomic E-state index is 0.0763. The molecule has 4 heteroatoms. The van der Waals surface area contributed by atoms with Gasteiger partial charge >= 0.3 is 0 Å². The molecule has 0 heterocycles. The number of hydrogen-bond donors (Lipinski definition) is 4. The number of phenols is 4. The van der Waals surface area contributed by atoms with Gasteiger partial charge in [-0.15, -0.1) is 0 Å². The van der Waals surface area contributed by atoms with Gasteiger partial charge in [-0.25, -0.2) is 0 Å². The van der Waals surface area contributed by atoms with E-state index in [1.54, 1.807) is 48.5 Å². The van der Waals surface area contributed by atoms with Crippen molar-refractivity contribution in [3.63, 3.8) is 0 Å². The van der Waals surface area contributed by atoms with E-state index in [4.69, 9.17) is 10.2 Å². The summed E-state index contributed by atoms with van der Waals surface area (Å²) < 4.78 is 0. The van der Waals surface area contributed by atoms with Crippen molar-refractivity contribution in [2.45, 2.75) is 18.8 Å². The molecule has 0 fully saturated rings. The second-order valence-electron chi connectivity index (χ2n) is 8.86. The SMILES string of the molecule is Oc1ccc(C(c2ccccc2)c2ccc(O)cc2)cc1.Oc1ccc(CCc2ccc(O)cc2)cc1. The maximum absolute atomic E-state index is 9.48. The highest BCUT2D eigenvalue weighted by molar-refractivity contribution is 5.45. The van der Waals surface area contributed by atoms with Gasteiger partial charge in [-0.3, -0.25) is 0 Å². The van der Waals surface area contributed by atoms with E-state index >= 15 is 0 Å². The third-order valence-corrected chi connectivity index (χ3v) is 6.16. The predicted molar refractivity (Wildman–Crippen MR) is 147 cm³/mol. The first-order valence-corrected chi connectivity index (χ1v) is 12.2. The lowest BCUT2D eigenvalue weighted by Crippen LogP contribution is -2.02. The topological polar surface area (TPSA) is 80.9 Å². The lowest BCUT2D eigenvalue weighted by Gasteiger charge is -2.19. The average molecular weight is 491 g/mol. The van der Waals surface area contributed by atoms with Crippen LogP contribution >= 0.6 is 0 Å². The van der Waals surface area contributed by atoms with E-state index in [0.717, 1.165) is 24.0 Å². The molecule has 0 saturated heterocycles. The lowest BCUT2D eigenvalue weighted by molar-refractivity contribution is 0.474. The summed E-state index contributed by atoms with van der Waals surface area (Å²) in [6.45, 7) is 0. The lowest BCUT2D eigenvalue weighted by atomic mass is 9.85. The number of aromatic hydroxyl groups is 4. The maximum Gasteiger partial charge on any atom is 0.115 e. The minimum atomic E-state index is 0.0763. The summed E-state index contributed by atoms with van der Waals surface area (Å²) in [6.07, 6.45) is 1.87. The van der Waals surface area contributed by atoms with Crippen LogP contribution in [0.15, 0.2) is 127 Å². The molecule has 5 aromatic rings. The minimum Gasteiger partial charge on any atom is -0.508 e. The summed E-state index contributed by atoms with van der Waals surface area (Å²) in [7, 11) is 0. The monoisotopic (exact) mass is 490 g/mol. The van der Waals surface area contributed by atoms with E-state index in [2.05, 4.69) is 12.1 Å². The van der Waals surface area contributed by atoms with Crippen molar-refractivity contribution in [3.8, 4) is 23.0 Å². The van der Waals surface area contributed by atoms with E-state index in [1.165, 1.54) is 16.7 Å². The van der Waals surface area contributed by atoms with Gasteiger partial charge in [-0.1, -0.05) is 78.9 Å². The molecule has 0 aliphatic rings. The van der Waals surface area contributed by atoms with Gasteiger partial charge in [0.15, 0.2) is 0 Å². The van der Waals surface area contributed by atoms with Crippen LogP contribution < -0.4 is 0 Å². The van der Waals surface area contributed by atoms with Crippen LogP contribution in [0.3, 0.4) is 0 Å². The summed E-state index contributed by atoms with van der Waals surface area (Å²) in [6, 6.07) is 39.2. The van der Waals surface area contributed by atoms with Gasteiger partial charge in [0, 0.05) is 5.92 Å². The summed E-state index contributed by atoms with van der Waals surface area (Å²) in [5, 5.41) is 37.3. The van der Waals surface area contributed by atoms with Gasteiger partial charge in [0.05, 0.1) is 0 Å². The van der Waals surface area contributed by atoms with Crippen LogP contribution in [0.25, 0.3) is 0 Å². The molecule has 0 aromatic heterocycles. The smallest absolute Gasteiger partial charge is 0.115 e. The van der Waals surface area contributed by atoms with Crippen molar-refractivity contribution < 1.29 is 20.4 Å². The van der Waals surface area contributed by atoms with Crippen LogP contribution in [0, 0.1) is 0 Å². The molecule has 0 aliphatic carbocycles. The van der Waals surface area contributed by atoms with Gasteiger partial charge in [0.25, 0.3) is 0 Å². The molecule has 0 unspecified atom stereocenters.